The van der Waals surface area contributed by atoms with Crippen molar-refractivity contribution in [3.8, 4) is 5.75 Å². The zero-order valence-electron chi connectivity index (χ0n) is 12.3. The fourth-order valence-corrected chi connectivity index (χ4v) is 2.06. The van der Waals surface area contributed by atoms with Gasteiger partial charge in [-0.25, -0.2) is 0 Å². The van der Waals surface area contributed by atoms with Crippen LogP contribution >= 0.6 is 0 Å². The van der Waals surface area contributed by atoms with Crippen LogP contribution in [0.25, 0.3) is 0 Å². The van der Waals surface area contributed by atoms with Crippen LogP contribution in [0.1, 0.15) is 45.1 Å². The van der Waals surface area contributed by atoms with Gasteiger partial charge >= 0.3 is 5.69 Å². The number of nitro groups is 1. The molecule has 1 atom stereocenters. The topological polar surface area (TPSA) is 78.4 Å². The highest BCUT2D eigenvalue weighted by molar-refractivity contribution is 5.48. The summed E-state index contributed by atoms with van der Waals surface area (Å²) in [5.41, 5.74) is 6.41. The fourth-order valence-electron chi connectivity index (χ4n) is 2.06. The zero-order valence-corrected chi connectivity index (χ0v) is 12.3. The summed E-state index contributed by atoms with van der Waals surface area (Å²) in [4.78, 5) is 10.6. The van der Waals surface area contributed by atoms with Crippen LogP contribution in [0.4, 0.5) is 5.69 Å². The molecule has 2 N–H and O–H groups in total. The van der Waals surface area contributed by atoms with Gasteiger partial charge in [-0.1, -0.05) is 39.2 Å². The summed E-state index contributed by atoms with van der Waals surface area (Å²) < 4.78 is 5.69. The quantitative estimate of drug-likeness (QED) is 0.553. The van der Waals surface area contributed by atoms with Crippen LogP contribution in [-0.2, 0) is 6.54 Å². The number of nitro benzene ring substituents is 1. The molecule has 0 spiro atoms. The lowest BCUT2D eigenvalue weighted by Crippen LogP contribution is -2.12. The third-order valence-electron chi connectivity index (χ3n) is 3.47. The van der Waals surface area contributed by atoms with Gasteiger partial charge in [-0.3, -0.25) is 10.1 Å². The van der Waals surface area contributed by atoms with Crippen molar-refractivity contribution in [2.24, 2.45) is 11.7 Å². The predicted molar refractivity (Wildman–Crippen MR) is 79.8 cm³/mol. The molecular weight excluding hydrogens is 256 g/mol. The molecule has 0 saturated heterocycles. The molecule has 1 aromatic rings. The summed E-state index contributed by atoms with van der Waals surface area (Å²) in [5.74, 6) is 0.768. The molecule has 0 radical (unpaired) electrons. The van der Waals surface area contributed by atoms with E-state index >= 15 is 0 Å². The standard InChI is InChI=1S/C15H24N2O3/c1-3-5-6-12(4-2)11-20-15-9-13(10-16)7-8-14(15)17(18)19/h7-9,12H,3-6,10-11,16H2,1-2H3. The maximum Gasteiger partial charge on any atom is 0.310 e. The van der Waals surface area contributed by atoms with Gasteiger partial charge in [-0.2, -0.15) is 0 Å². The van der Waals surface area contributed by atoms with Crippen LogP contribution in [0.15, 0.2) is 18.2 Å². The Labute approximate surface area is 120 Å². The van der Waals surface area contributed by atoms with E-state index in [1.54, 1.807) is 12.1 Å². The Morgan fingerprint density at radius 2 is 2.15 bits per heavy atom. The van der Waals surface area contributed by atoms with Gasteiger partial charge in [0.25, 0.3) is 0 Å². The smallest absolute Gasteiger partial charge is 0.310 e. The van der Waals surface area contributed by atoms with Gasteiger partial charge in [0, 0.05) is 12.6 Å². The van der Waals surface area contributed by atoms with E-state index in [0.717, 1.165) is 31.2 Å². The molecule has 0 fully saturated rings. The zero-order chi connectivity index (χ0) is 15.0. The summed E-state index contributed by atoms with van der Waals surface area (Å²) >= 11 is 0. The highest BCUT2D eigenvalue weighted by atomic mass is 16.6. The van der Waals surface area contributed by atoms with E-state index in [9.17, 15) is 10.1 Å². The first-order valence-corrected chi connectivity index (χ1v) is 7.22. The van der Waals surface area contributed by atoms with Crippen molar-refractivity contribution in [2.45, 2.75) is 46.1 Å². The molecule has 1 aromatic carbocycles. The molecule has 1 unspecified atom stereocenters. The molecule has 0 aliphatic rings. The number of hydrogen-bond acceptors (Lipinski definition) is 4. The number of ether oxygens (including phenoxy) is 1. The molecule has 5 heteroatoms. The summed E-state index contributed by atoms with van der Waals surface area (Å²) in [6.07, 6.45) is 4.42. The van der Waals surface area contributed by atoms with Crippen LogP contribution in [0.3, 0.4) is 0 Å². The summed E-state index contributed by atoms with van der Waals surface area (Å²) in [5, 5.41) is 11.0. The second kappa shape index (κ2) is 8.53. The first-order valence-electron chi connectivity index (χ1n) is 7.22. The van der Waals surface area contributed by atoms with Gasteiger partial charge in [0.15, 0.2) is 5.75 Å². The van der Waals surface area contributed by atoms with Crippen molar-refractivity contribution in [3.05, 3.63) is 33.9 Å². The van der Waals surface area contributed by atoms with E-state index in [1.165, 1.54) is 6.07 Å². The van der Waals surface area contributed by atoms with Crippen molar-refractivity contribution in [3.63, 3.8) is 0 Å². The van der Waals surface area contributed by atoms with Crippen LogP contribution in [0.5, 0.6) is 5.75 Å². The van der Waals surface area contributed by atoms with E-state index in [-0.39, 0.29) is 5.69 Å². The highest BCUT2D eigenvalue weighted by Gasteiger charge is 2.17. The molecule has 20 heavy (non-hydrogen) atoms. The maximum atomic E-state index is 11.0. The van der Waals surface area contributed by atoms with Crippen molar-refractivity contribution >= 4 is 5.69 Å². The molecule has 0 aliphatic heterocycles. The fraction of sp³-hybridized carbons (Fsp3) is 0.600. The Hall–Kier alpha value is -1.62. The normalized spacial score (nSPS) is 12.2. The number of nitrogens with two attached hydrogens (primary N) is 1. The minimum Gasteiger partial charge on any atom is -0.487 e. The van der Waals surface area contributed by atoms with Gasteiger partial charge in [-0.15, -0.1) is 0 Å². The Kier molecular flexibility index (Phi) is 7.01. The van der Waals surface area contributed by atoms with E-state index in [4.69, 9.17) is 10.5 Å². The van der Waals surface area contributed by atoms with Gasteiger partial charge < -0.3 is 10.5 Å². The van der Waals surface area contributed by atoms with Crippen LogP contribution in [0.2, 0.25) is 0 Å². The summed E-state index contributed by atoms with van der Waals surface area (Å²) in [6.45, 7) is 5.14. The molecule has 0 heterocycles. The average Bonchev–Trinajstić information content (AvgIpc) is 2.47. The van der Waals surface area contributed by atoms with E-state index in [2.05, 4.69) is 13.8 Å². The minimum absolute atomic E-state index is 0.00699. The third-order valence-corrected chi connectivity index (χ3v) is 3.47. The second-order valence-corrected chi connectivity index (χ2v) is 4.99. The van der Waals surface area contributed by atoms with Crippen molar-refractivity contribution in [2.75, 3.05) is 6.61 Å². The highest BCUT2D eigenvalue weighted by Crippen LogP contribution is 2.29. The van der Waals surface area contributed by atoms with Crippen molar-refractivity contribution in [1.82, 2.24) is 0 Å². The second-order valence-electron chi connectivity index (χ2n) is 4.99. The maximum absolute atomic E-state index is 11.0. The van der Waals surface area contributed by atoms with Gasteiger partial charge in [0.1, 0.15) is 0 Å². The lowest BCUT2D eigenvalue weighted by Gasteiger charge is -2.16. The Bertz CT molecular complexity index is 435. The van der Waals surface area contributed by atoms with Crippen LogP contribution < -0.4 is 10.5 Å². The predicted octanol–water partition coefficient (Wildman–Crippen LogP) is 3.65. The van der Waals surface area contributed by atoms with Gasteiger partial charge in [0.05, 0.1) is 11.5 Å². The Morgan fingerprint density at radius 3 is 2.70 bits per heavy atom. The molecule has 0 bridgehead atoms. The first-order chi connectivity index (χ1) is 9.62. The lowest BCUT2D eigenvalue weighted by molar-refractivity contribution is -0.385. The summed E-state index contributed by atoms with van der Waals surface area (Å²) in [7, 11) is 0. The van der Waals surface area contributed by atoms with E-state index in [1.807, 2.05) is 0 Å². The van der Waals surface area contributed by atoms with Crippen LogP contribution in [0, 0.1) is 16.0 Å². The number of nitrogens with zero attached hydrogens (tertiary/aromatic N) is 1. The Balaban J connectivity index is 2.76. The van der Waals surface area contributed by atoms with E-state index in [0.29, 0.717) is 24.8 Å². The molecule has 1 rings (SSSR count). The largest absolute Gasteiger partial charge is 0.487 e. The third kappa shape index (κ3) is 4.81. The number of hydrogen-bond donors (Lipinski definition) is 1. The lowest BCUT2D eigenvalue weighted by atomic mass is 10.0. The SMILES string of the molecule is CCCCC(CC)COc1cc(CN)ccc1[N+](=O)[O-]. The van der Waals surface area contributed by atoms with Gasteiger partial charge in [-0.05, 0) is 24.0 Å². The monoisotopic (exact) mass is 280 g/mol. The Morgan fingerprint density at radius 1 is 1.40 bits per heavy atom. The molecule has 0 amide bonds. The number of benzene rings is 1. The molecule has 0 saturated carbocycles. The van der Waals surface area contributed by atoms with Crippen molar-refractivity contribution in [1.29, 1.82) is 0 Å². The van der Waals surface area contributed by atoms with Gasteiger partial charge in [0.2, 0.25) is 0 Å². The van der Waals surface area contributed by atoms with E-state index < -0.39 is 4.92 Å². The summed E-state index contributed by atoms with van der Waals surface area (Å²) in [6, 6.07) is 4.80. The molecule has 5 nitrogen and oxygen atoms in total. The molecule has 0 aliphatic carbocycles. The molecule has 0 aromatic heterocycles. The molecular formula is C15H24N2O3. The first kappa shape index (κ1) is 16.4. The molecule has 112 valence electrons. The van der Waals surface area contributed by atoms with Crippen molar-refractivity contribution < 1.29 is 9.66 Å². The number of rotatable bonds is 9. The average molecular weight is 280 g/mol. The van der Waals surface area contributed by atoms with Crippen LogP contribution in [-0.4, -0.2) is 11.5 Å². The minimum atomic E-state index is -0.414. The number of unbranched alkanes of at least 4 members (excludes halogenated alkanes) is 1.